The first-order valence-corrected chi connectivity index (χ1v) is 4.59. The molecular weight excluding hydrogens is 160 g/mol. The minimum atomic E-state index is 0.262. The maximum Gasteiger partial charge on any atom is 0.0720 e. The number of ether oxygens (including phenoxy) is 1. The standard InChI is InChI=1S/C12H16O/c1-3-7-11(2)13-10-12-8-5-4-6-9-12/h3-6,8-9,11H,1,7,10H2,2H3/t11-/m0/s1. The zero-order valence-electron chi connectivity index (χ0n) is 8.07. The van der Waals surface area contributed by atoms with Crippen molar-refractivity contribution < 1.29 is 4.74 Å². The molecule has 0 bridgehead atoms. The Kier molecular flexibility index (Phi) is 4.27. The van der Waals surface area contributed by atoms with Gasteiger partial charge in [0.05, 0.1) is 12.7 Å². The van der Waals surface area contributed by atoms with Crippen LogP contribution in [0.15, 0.2) is 43.0 Å². The molecule has 0 aliphatic rings. The molecular formula is C12H16O. The smallest absolute Gasteiger partial charge is 0.0720 e. The van der Waals surface area contributed by atoms with E-state index in [0.29, 0.717) is 6.61 Å². The summed E-state index contributed by atoms with van der Waals surface area (Å²) in [6, 6.07) is 10.2. The second-order valence-corrected chi connectivity index (χ2v) is 3.13. The van der Waals surface area contributed by atoms with Crippen molar-refractivity contribution in [2.24, 2.45) is 0 Å². The number of hydrogen-bond donors (Lipinski definition) is 0. The van der Waals surface area contributed by atoms with E-state index in [1.54, 1.807) is 0 Å². The fourth-order valence-electron chi connectivity index (χ4n) is 1.12. The highest BCUT2D eigenvalue weighted by Gasteiger charge is 1.98. The lowest BCUT2D eigenvalue weighted by atomic mass is 10.2. The Balaban J connectivity index is 2.30. The predicted octanol–water partition coefficient (Wildman–Crippen LogP) is 3.17. The molecule has 0 saturated carbocycles. The van der Waals surface area contributed by atoms with Gasteiger partial charge in [0.25, 0.3) is 0 Å². The van der Waals surface area contributed by atoms with E-state index in [-0.39, 0.29) is 6.10 Å². The summed E-state index contributed by atoms with van der Waals surface area (Å²) in [6.45, 7) is 6.43. The van der Waals surface area contributed by atoms with Gasteiger partial charge in [-0.25, -0.2) is 0 Å². The second-order valence-electron chi connectivity index (χ2n) is 3.13. The van der Waals surface area contributed by atoms with Gasteiger partial charge >= 0.3 is 0 Å². The summed E-state index contributed by atoms with van der Waals surface area (Å²) >= 11 is 0. The lowest BCUT2D eigenvalue weighted by Gasteiger charge is -2.10. The Morgan fingerprint density at radius 1 is 1.38 bits per heavy atom. The van der Waals surface area contributed by atoms with Crippen molar-refractivity contribution in [2.45, 2.75) is 26.1 Å². The Morgan fingerprint density at radius 3 is 2.69 bits per heavy atom. The van der Waals surface area contributed by atoms with Crippen LogP contribution >= 0.6 is 0 Å². The number of benzene rings is 1. The average Bonchev–Trinajstić information content (AvgIpc) is 2.17. The van der Waals surface area contributed by atoms with Gasteiger partial charge in [0.2, 0.25) is 0 Å². The third kappa shape index (κ3) is 3.90. The summed E-state index contributed by atoms with van der Waals surface area (Å²) in [5, 5.41) is 0. The van der Waals surface area contributed by atoms with Crippen LogP contribution in [0.2, 0.25) is 0 Å². The molecule has 1 heteroatoms. The largest absolute Gasteiger partial charge is 0.374 e. The van der Waals surface area contributed by atoms with Gasteiger partial charge in [-0.15, -0.1) is 6.58 Å². The molecule has 0 heterocycles. The normalized spacial score (nSPS) is 12.4. The van der Waals surface area contributed by atoms with Gasteiger partial charge in [0, 0.05) is 0 Å². The maximum atomic E-state index is 5.60. The van der Waals surface area contributed by atoms with E-state index in [4.69, 9.17) is 4.74 Å². The second kappa shape index (κ2) is 5.55. The van der Waals surface area contributed by atoms with E-state index in [9.17, 15) is 0 Å². The molecule has 1 rings (SSSR count). The molecule has 1 aromatic carbocycles. The van der Waals surface area contributed by atoms with Gasteiger partial charge in [0.1, 0.15) is 0 Å². The van der Waals surface area contributed by atoms with Crippen LogP contribution in [0.4, 0.5) is 0 Å². The van der Waals surface area contributed by atoms with Crippen molar-refractivity contribution in [1.82, 2.24) is 0 Å². The first-order chi connectivity index (χ1) is 6.33. The highest BCUT2D eigenvalue weighted by molar-refractivity contribution is 5.13. The number of hydrogen-bond acceptors (Lipinski definition) is 1. The minimum absolute atomic E-state index is 0.262. The molecule has 13 heavy (non-hydrogen) atoms. The molecule has 0 amide bonds. The fourth-order valence-corrected chi connectivity index (χ4v) is 1.12. The lowest BCUT2D eigenvalue weighted by Crippen LogP contribution is -2.06. The Hall–Kier alpha value is -1.08. The van der Waals surface area contributed by atoms with Crippen molar-refractivity contribution in [3.05, 3.63) is 48.6 Å². The molecule has 0 aliphatic carbocycles. The summed E-state index contributed by atoms with van der Waals surface area (Å²) in [6.07, 6.45) is 3.06. The van der Waals surface area contributed by atoms with E-state index >= 15 is 0 Å². The summed E-state index contributed by atoms with van der Waals surface area (Å²) in [5.41, 5.74) is 1.22. The van der Waals surface area contributed by atoms with Crippen LogP contribution < -0.4 is 0 Å². The quantitative estimate of drug-likeness (QED) is 0.626. The highest BCUT2D eigenvalue weighted by Crippen LogP contribution is 2.05. The third-order valence-electron chi connectivity index (χ3n) is 1.88. The van der Waals surface area contributed by atoms with E-state index in [0.717, 1.165) is 6.42 Å². The molecule has 0 saturated heterocycles. The maximum absolute atomic E-state index is 5.60. The van der Waals surface area contributed by atoms with E-state index in [1.807, 2.05) is 24.3 Å². The third-order valence-corrected chi connectivity index (χ3v) is 1.88. The van der Waals surface area contributed by atoms with Crippen LogP contribution in [0, 0.1) is 0 Å². The zero-order valence-corrected chi connectivity index (χ0v) is 8.07. The molecule has 1 aromatic rings. The van der Waals surface area contributed by atoms with Gasteiger partial charge in [-0.1, -0.05) is 36.4 Å². The van der Waals surface area contributed by atoms with Crippen molar-refractivity contribution in [3.8, 4) is 0 Å². The van der Waals surface area contributed by atoms with Crippen molar-refractivity contribution in [1.29, 1.82) is 0 Å². The van der Waals surface area contributed by atoms with Gasteiger partial charge in [-0.3, -0.25) is 0 Å². The molecule has 0 unspecified atom stereocenters. The first kappa shape index (κ1) is 10.0. The Morgan fingerprint density at radius 2 is 2.08 bits per heavy atom. The Labute approximate surface area is 80.0 Å². The Bertz CT molecular complexity index is 241. The van der Waals surface area contributed by atoms with Gasteiger partial charge in [0.15, 0.2) is 0 Å². The van der Waals surface area contributed by atoms with Crippen LogP contribution in [-0.2, 0) is 11.3 Å². The molecule has 1 atom stereocenters. The van der Waals surface area contributed by atoms with E-state index in [1.165, 1.54) is 5.56 Å². The fraction of sp³-hybridized carbons (Fsp3) is 0.333. The minimum Gasteiger partial charge on any atom is -0.374 e. The van der Waals surface area contributed by atoms with Crippen molar-refractivity contribution in [3.63, 3.8) is 0 Å². The first-order valence-electron chi connectivity index (χ1n) is 4.59. The molecule has 70 valence electrons. The topological polar surface area (TPSA) is 9.23 Å². The molecule has 0 fully saturated rings. The van der Waals surface area contributed by atoms with Crippen LogP contribution in [0.25, 0.3) is 0 Å². The summed E-state index contributed by atoms with van der Waals surface area (Å²) in [7, 11) is 0. The van der Waals surface area contributed by atoms with E-state index < -0.39 is 0 Å². The summed E-state index contributed by atoms with van der Waals surface area (Å²) < 4.78 is 5.60. The van der Waals surface area contributed by atoms with Crippen LogP contribution in [0.3, 0.4) is 0 Å². The van der Waals surface area contributed by atoms with Crippen molar-refractivity contribution >= 4 is 0 Å². The van der Waals surface area contributed by atoms with Gasteiger partial charge < -0.3 is 4.74 Å². The van der Waals surface area contributed by atoms with Crippen LogP contribution in [0.5, 0.6) is 0 Å². The van der Waals surface area contributed by atoms with Crippen LogP contribution in [0.1, 0.15) is 18.9 Å². The monoisotopic (exact) mass is 176 g/mol. The molecule has 0 aromatic heterocycles. The van der Waals surface area contributed by atoms with Gasteiger partial charge in [-0.2, -0.15) is 0 Å². The van der Waals surface area contributed by atoms with Gasteiger partial charge in [-0.05, 0) is 18.9 Å². The average molecular weight is 176 g/mol. The lowest BCUT2D eigenvalue weighted by molar-refractivity contribution is 0.0553. The summed E-state index contributed by atoms with van der Waals surface area (Å²) in [4.78, 5) is 0. The van der Waals surface area contributed by atoms with Crippen LogP contribution in [-0.4, -0.2) is 6.10 Å². The molecule has 1 nitrogen and oxygen atoms in total. The number of rotatable bonds is 5. The SMILES string of the molecule is C=CC[C@H](C)OCc1ccccc1. The molecule has 0 radical (unpaired) electrons. The highest BCUT2D eigenvalue weighted by atomic mass is 16.5. The molecule has 0 N–H and O–H groups in total. The molecule has 0 spiro atoms. The van der Waals surface area contributed by atoms with Crippen molar-refractivity contribution in [2.75, 3.05) is 0 Å². The summed E-state index contributed by atoms with van der Waals surface area (Å²) in [5.74, 6) is 0. The molecule has 0 aliphatic heterocycles. The zero-order chi connectivity index (χ0) is 9.52. The van der Waals surface area contributed by atoms with E-state index in [2.05, 4.69) is 25.6 Å². The predicted molar refractivity (Wildman–Crippen MR) is 55.5 cm³/mol.